The molecule has 34 heavy (non-hydrogen) atoms. The predicted octanol–water partition coefficient (Wildman–Crippen LogP) is 6.01. The van der Waals surface area contributed by atoms with E-state index < -0.39 is 0 Å². The van der Waals surface area contributed by atoms with Gasteiger partial charge in [-0.3, -0.25) is 9.97 Å². The van der Waals surface area contributed by atoms with Crippen LogP contribution in [0.2, 0.25) is 0 Å². The highest BCUT2D eigenvalue weighted by atomic mass is 16.5. The third kappa shape index (κ3) is 3.18. The largest absolute Gasteiger partial charge is 0.497 e. The van der Waals surface area contributed by atoms with E-state index in [1.165, 1.54) is 0 Å². The normalized spacial score (nSPS) is 12.9. The molecule has 0 amide bonds. The lowest BCUT2D eigenvalue weighted by molar-refractivity contribution is 0.395. The van der Waals surface area contributed by atoms with Crippen LogP contribution >= 0.6 is 0 Å². The van der Waals surface area contributed by atoms with Crippen molar-refractivity contribution >= 4 is 38.9 Å². The van der Waals surface area contributed by atoms with Crippen molar-refractivity contribution in [2.45, 2.75) is 0 Å². The van der Waals surface area contributed by atoms with Crippen molar-refractivity contribution in [1.82, 2.24) is 9.97 Å². The SMILES string of the molecule is COc1ccc(N2CN(C)c3cnc4ccc(-c5ccc6ncccc6c5)cc4c32)c(OC)c1. The molecule has 6 heteroatoms. The van der Waals surface area contributed by atoms with Gasteiger partial charge in [0.05, 0.1) is 55.2 Å². The predicted molar refractivity (Wildman–Crippen MR) is 137 cm³/mol. The number of nitrogens with zero attached hydrogens (tertiary/aromatic N) is 4. The van der Waals surface area contributed by atoms with Crippen LogP contribution in [0, 0.1) is 0 Å². The quantitative estimate of drug-likeness (QED) is 0.335. The molecule has 0 N–H and O–H groups in total. The molecule has 0 saturated carbocycles. The molecule has 2 aromatic heterocycles. The number of ether oxygens (including phenoxy) is 2. The fourth-order valence-corrected chi connectivity index (χ4v) is 4.73. The zero-order chi connectivity index (χ0) is 23.2. The highest BCUT2D eigenvalue weighted by Gasteiger charge is 2.29. The third-order valence-electron chi connectivity index (χ3n) is 6.47. The average Bonchev–Trinajstić information content (AvgIpc) is 3.24. The number of hydrogen-bond acceptors (Lipinski definition) is 6. The molecule has 3 aromatic carbocycles. The second kappa shape index (κ2) is 7.92. The Hall–Kier alpha value is -4.32. The standard InChI is InChI=1S/C28H24N4O2/c1-31-17-32(25-11-8-21(33-2)15-27(25)34-3)28-22-14-19(7-10-24(22)30-16-26(28)31)18-6-9-23-20(13-18)5-4-12-29-23/h4-16H,17H2,1-3H3. The van der Waals surface area contributed by atoms with Gasteiger partial charge >= 0.3 is 0 Å². The Bertz CT molecular complexity index is 1550. The van der Waals surface area contributed by atoms with E-state index in [0.29, 0.717) is 6.67 Å². The number of rotatable bonds is 4. The van der Waals surface area contributed by atoms with E-state index in [1.807, 2.05) is 36.7 Å². The maximum atomic E-state index is 5.73. The van der Waals surface area contributed by atoms with Gasteiger partial charge in [-0.2, -0.15) is 0 Å². The van der Waals surface area contributed by atoms with Crippen LogP contribution < -0.4 is 19.3 Å². The van der Waals surface area contributed by atoms with Gasteiger partial charge in [0.25, 0.3) is 0 Å². The summed E-state index contributed by atoms with van der Waals surface area (Å²) >= 11 is 0. The number of benzene rings is 3. The van der Waals surface area contributed by atoms with Crippen LogP contribution in [0.25, 0.3) is 32.9 Å². The first-order chi connectivity index (χ1) is 16.7. The Kier molecular flexibility index (Phi) is 4.73. The molecule has 6 rings (SSSR count). The molecule has 0 spiro atoms. The summed E-state index contributed by atoms with van der Waals surface area (Å²) in [5.74, 6) is 1.53. The summed E-state index contributed by atoms with van der Waals surface area (Å²) in [6.45, 7) is 0.699. The Labute approximate surface area is 198 Å². The van der Waals surface area contributed by atoms with Gasteiger partial charge in [0.1, 0.15) is 11.5 Å². The molecule has 0 saturated heterocycles. The lowest BCUT2D eigenvalue weighted by atomic mass is 10.0. The summed E-state index contributed by atoms with van der Waals surface area (Å²) in [7, 11) is 5.44. The molecular weight excluding hydrogens is 424 g/mol. The summed E-state index contributed by atoms with van der Waals surface area (Å²) in [6.07, 6.45) is 3.78. The molecule has 1 aliphatic rings. The lowest BCUT2D eigenvalue weighted by Crippen LogP contribution is -2.24. The van der Waals surface area contributed by atoms with Crippen LogP contribution in [0.1, 0.15) is 0 Å². The van der Waals surface area contributed by atoms with Gasteiger partial charge in [0.15, 0.2) is 0 Å². The number of methoxy groups -OCH3 is 2. The maximum absolute atomic E-state index is 5.73. The van der Waals surface area contributed by atoms with Crippen molar-refractivity contribution in [3.63, 3.8) is 0 Å². The first-order valence-electron chi connectivity index (χ1n) is 11.1. The fraction of sp³-hybridized carbons (Fsp3) is 0.143. The Morgan fingerprint density at radius 1 is 0.794 bits per heavy atom. The molecule has 168 valence electrons. The van der Waals surface area contributed by atoms with Gasteiger partial charge in [0, 0.05) is 30.1 Å². The highest BCUT2D eigenvalue weighted by Crippen LogP contribution is 2.47. The van der Waals surface area contributed by atoms with Crippen molar-refractivity contribution in [2.75, 3.05) is 37.7 Å². The van der Waals surface area contributed by atoms with Crippen LogP contribution in [0.5, 0.6) is 11.5 Å². The van der Waals surface area contributed by atoms with Gasteiger partial charge in [-0.15, -0.1) is 0 Å². The minimum atomic E-state index is 0.699. The number of anilines is 3. The first kappa shape index (κ1) is 20.3. The monoisotopic (exact) mass is 448 g/mol. The summed E-state index contributed by atoms with van der Waals surface area (Å²) in [5, 5.41) is 2.23. The molecular formula is C28H24N4O2. The molecule has 0 bridgehead atoms. The molecule has 6 nitrogen and oxygen atoms in total. The molecule has 0 atom stereocenters. The van der Waals surface area contributed by atoms with Gasteiger partial charge in [-0.05, 0) is 53.6 Å². The van der Waals surface area contributed by atoms with Crippen molar-refractivity contribution in [3.8, 4) is 22.6 Å². The average molecular weight is 449 g/mol. The van der Waals surface area contributed by atoms with E-state index >= 15 is 0 Å². The molecule has 0 radical (unpaired) electrons. The van der Waals surface area contributed by atoms with Gasteiger partial charge in [-0.1, -0.05) is 18.2 Å². The van der Waals surface area contributed by atoms with E-state index in [0.717, 1.165) is 61.5 Å². The molecule has 3 heterocycles. The van der Waals surface area contributed by atoms with Crippen LogP contribution in [-0.4, -0.2) is 37.9 Å². The van der Waals surface area contributed by atoms with Gasteiger partial charge in [-0.25, -0.2) is 0 Å². The van der Waals surface area contributed by atoms with Gasteiger partial charge < -0.3 is 19.3 Å². The van der Waals surface area contributed by atoms with E-state index in [2.05, 4.69) is 64.3 Å². The smallest absolute Gasteiger partial charge is 0.146 e. The number of hydrogen-bond donors (Lipinski definition) is 0. The Morgan fingerprint density at radius 2 is 1.62 bits per heavy atom. The number of pyridine rings is 2. The molecule has 0 aliphatic carbocycles. The summed E-state index contributed by atoms with van der Waals surface area (Å²) < 4.78 is 11.1. The topological polar surface area (TPSA) is 50.7 Å². The van der Waals surface area contributed by atoms with E-state index in [9.17, 15) is 0 Å². The van der Waals surface area contributed by atoms with Crippen LogP contribution in [0.15, 0.2) is 79.1 Å². The van der Waals surface area contributed by atoms with Crippen LogP contribution in [-0.2, 0) is 0 Å². The third-order valence-corrected chi connectivity index (χ3v) is 6.47. The maximum Gasteiger partial charge on any atom is 0.146 e. The van der Waals surface area contributed by atoms with Crippen LogP contribution in [0.3, 0.4) is 0 Å². The minimum Gasteiger partial charge on any atom is -0.497 e. The Morgan fingerprint density at radius 3 is 2.44 bits per heavy atom. The summed E-state index contributed by atoms with van der Waals surface area (Å²) in [5.41, 5.74) is 7.45. The van der Waals surface area contributed by atoms with E-state index in [-0.39, 0.29) is 0 Å². The van der Waals surface area contributed by atoms with Crippen molar-refractivity contribution < 1.29 is 9.47 Å². The minimum absolute atomic E-state index is 0.699. The Balaban J connectivity index is 1.53. The van der Waals surface area contributed by atoms with Crippen LogP contribution in [0.4, 0.5) is 17.1 Å². The van der Waals surface area contributed by atoms with Crippen molar-refractivity contribution in [2.24, 2.45) is 0 Å². The molecule has 0 unspecified atom stereocenters. The van der Waals surface area contributed by atoms with Gasteiger partial charge in [0.2, 0.25) is 0 Å². The fourth-order valence-electron chi connectivity index (χ4n) is 4.73. The van der Waals surface area contributed by atoms with E-state index in [1.54, 1.807) is 14.2 Å². The van der Waals surface area contributed by atoms with Crippen molar-refractivity contribution in [3.05, 3.63) is 79.1 Å². The summed E-state index contributed by atoms with van der Waals surface area (Å²) in [6, 6.07) is 22.9. The zero-order valence-electron chi connectivity index (χ0n) is 19.3. The van der Waals surface area contributed by atoms with Crippen molar-refractivity contribution in [1.29, 1.82) is 0 Å². The first-order valence-corrected chi connectivity index (χ1v) is 11.1. The lowest BCUT2D eigenvalue weighted by Gasteiger charge is -2.23. The number of fused-ring (bicyclic) bond motifs is 4. The molecule has 1 aliphatic heterocycles. The number of aromatic nitrogens is 2. The van der Waals surface area contributed by atoms with E-state index in [4.69, 9.17) is 14.5 Å². The summed E-state index contributed by atoms with van der Waals surface area (Å²) in [4.78, 5) is 13.7. The molecule has 5 aromatic rings. The second-order valence-corrected chi connectivity index (χ2v) is 8.44. The zero-order valence-corrected chi connectivity index (χ0v) is 19.3. The second-order valence-electron chi connectivity index (χ2n) is 8.44. The highest BCUT2D eigenvalue weighted by molar-refractivity contribution is 6.04. The molecule has 0 fully saturated rings.